The SMILES string of the molecule is CSCC(C)n1c(N)nc2cccnc21. The summed E-state index contributed by atoms with van der Waals surface area (Å²) in [6.45, 7) is 2.13. The number of anilines is 1. The molecule has 80 valence electrons. The number of nitrogens with zero attached hydrogens (tertiary/aromatic N) is 3. The molecule has 2 rings (SSSR count). The van der Waals surface area contributed by atoms with Crippen molar-refractivity contribution in [3.63, 3.8) is 0 Å². The molecule has 0 aliphatic carbocycles. The van der Waals surface area contributed by atoms with Crippen molar-refractivity contribution in [3.8, 4) is 0 Å². The summed E-state index contributed by atoms with van der Waals surface area (Å²) in [4.78, 5) is 8.60. The molecule has 0 amide bonds. The van der Waals surface area contributed by atoms with Gasteiger partial charge in [-0.05, 0) is 25.3 Å². The van der Waals surface area contributed by atoms with Crippen LogP contribution < -0.4 is 5.73 Å². The van der Waals surface area contributed by atoms with Crippen LogP contribution in [0.15, 0.2) is 18.3 Å². The van der Waals surface area contributed by atoms with Crippen molar-refractivity contribution in [1.29, 1.82) is 0 Å². The van der Waals surface area contributed by atoms with E-state index in [2.05, 4.69) is 23.1 Å². The Balaban J connectivity index is 2.53. The van der Waals surface area contributed by atoms with Crippen LogP contribution in [0.4, 0.5) is 5.95 Å². The molecular weight excluding hydrogens is 208 g/mol. The summed E-state index contributed by atoms with van der Waals surface area (Å²) < 4.78 is 1.99. The quantitative estimate of drug-likeness (QED) is 0.862. The number of nitrogens with two attached hydrogens (primary N) is 1. The lowest BCUT2D eigenvalue weighted by atomic mass is 10.3. The zero-order valence-electron chi connectivity index (χ0n) is 8.84. The summed E-state index contributed by atoms with van der Waals surface area (Å²) in [6.07, 6.45) is 3.85. The number of pyridine rings is 1. The van der Waals surface area contributed by atoms with Crippen molar-refractivity contribution in [2.24, 2.45) is 0 Å². The number of rotatable bonds is 3. The van der Waals surface area contributed by atoms with Crippen molar-refractivity contribution in [2.75, 3.05) is 17.7 Å². The van der Waals surface area contributed by atoms with Crippen LogP contribution in [0.5, 0.6) is 0 Å². The minimum atomic E-state index is 0.319. The first-order chi connectivity index (χ1) is 7.24. The van der Waals surface area contributed by atoms with Gasteiger partial charge in [0.2, 0.25) is 5.95 Å². The van der Waals surface area contributed by atoms with Gasteiger partial charge in [-0.25, -0.2) is 9.97 Å². The van der Waals surface area contributed by atoms with Gasteiger partial charge in [0.05, 0.1) is 0 Å². The van der Waals surface area contributed by atoms with Crippen LogP contribution in [0.25, 0.3) is 11.2 Å². The second-order valence-corrected chi connectivity index (χ2v) is 4.40. The monoisotopic (exact) mass is 222 g/mol. The Morgan fingerprint density at radius 2 is 2.40 bits per heavy atom. The summed E-state index contributed by atoms with van der Waals surface area (Å²) in [7, 11) is 0. The summed E-state index contributed by atoms with van der Waals surface area (Å²) in [5.74, 6) is 1.55. The molecule has 2 aromatic heterocycles. The maximum atomic E-state index is 5.89. The molecule has 2 N–H and O–H groups in total. The lowest BCUT2D eigenvalue weighted by Gasteiger charge is -2.13. The topological polar surface area (TPSA) is 56.7 Å². The zero-order valence-corrected chi connectivity index (χ0v) is 9.66. The molecule has 4 nitrogen and oxygen atoms in total. The number of hydrogen-bond acceptors (Lipinski definition) is 4. The van der Waals surface area contributed by atoms with Crippen molar-refractivity contribution >= 4 is 28.9 Å². The van der Waals surface area contributed by atoms with E-state index in [1.54, 1.807) is 18.0 Å². The second kappa shape index (κ2) is 4.10. The maximum absolute atomic E-state index is 5.89. The number of nitrogen functional groups attached to an aromatic ring is 1. The van der Waals surface area contributed by atoms with Gasteiger partial charge in [0.25, 0.3) is 0 Å². The molecule has 15 heavy (non-hydrogen) atoms. The predicted molar refractivity (Wildman–Crippen MR) is 65.0 cm³/mol. The summed E-state index contributed by atoms with van der Waals surface area (Å²) in [5, 5.41) is 0. The Hall–Kier alpha value is -1.23. The second-order valence-electron chi connectivity index (χ2n) is 3.49. The third-order valence-corrected chi connectivity index (χ3v) is 3.14. The summed E-state index contributed by atoms with van der Waals surface area (Å²) >= 11 is 1.79. The van der Waals surface area contributed by atoms with Gasteiger partial charge in [-0.15, -0.1) is 0 Å². The molecule has 0 saturated carbocycles. The maximum Gasteiger partial charge on any atom is 0.202 e. The van der Waals surface area contributed by atoms with Crippen LogP contribution in [0.3, 0.4) is 0 Å². The molecule has 0 aliphatic rings. The van der Waals surface area contributed by atoms with E-state index >= 15 is 0 Å². The van der Waals surface area contributed by atoms with E-state index in [0.29, 0.717) is 12.0 Å². The number of hydrogen-bond donors (Lipinski definition) is 1. The Kier molecular flexibility index (Phi) is 2.81. The van der Waals surface area contributed by atoms with E-state index in [1.165, 1.54) is 0 Å². The van der Waals surface area contributed by atoms with Crippen molar-refractivity contribution in [3.05, 3.63) is 18.3 Å². The van der Waals surface area contributed by atoms with Gasteiger partial charge in [0.1, 0.15) is 5.52 Å². The summed E-state index contributed by atoms with van der Waals surface area (Å²) in [6, 6.07) is 4.12. The molecule has 0 aromatic carbocycles. The molecule has 0 radical (unpaired) electrons. The fraction of sp³-hybridized carbons (Fsp3) is 0.400. The highest BCUT2D eigenvalue weighted by Crippen LogP contribution is 2.22. The first kappa shape index (κ1) is 10.3. The van der Waals surface area contributed by atoms with Gasteiger partial charge in [0.15, 0.2) is 5.65 Å². The Labute approximate surface area is 92.9 Å². The number of imidazole rings is 1. The molecule has 0 fully saturated rings. The van der Waals surface area contributed by atoms with Crippen LogP contribution in [0, 0.1) is 0 Å². The number of fused-ring (bicyclic) bond motifs is 1. The highest BCUT2D eigenvalue weighted by atomic mass is 32.2. The van der Waals surface area contributed by atoms with Gasteiger partial charge < -0.3 is 5.73 Å². The molecule has 2 heterocycles. The van der Waals surface area contributed by atoms with Gasteiger partial charge in [-0.1, -0.05) is 0 Å². The Morgan fingerprint density at radius 3 is 3.13 bits per heavy atom. The van der Waals surface area contributed by atoms with E-state index in [4.69, 9.17) is 5.73 Å². The average molecular weight is 222 g/mol. The fourth-order valence-corrected chi connectivity index (χ4v) is 2.33. The van der Waals surface area contributed by atoms with E-state index < -0.39 is 0 Å². The molecule has 1 atom stereocenters. The molecule has 0 aliphatic heterocycles. The molecule has 1 unspecified atom stereocenters. The Bertz CT molecular complexity index is 465. The molecule has 0 bridgehead atoms. The predicted octanol–water partition coefficient (Wildman–Crippen LogP) is 1.94. The van der Waals surface area contributed by atoms with Crippen LogP contribution >= 0.6 is 11.8 Å². The van der Waals surface area contributed by atoms with Gasteiger partial charge >= 0.3 is 0 Å². The molecular formula is C10H14N4S. The third kappa shape index (κ3) is 1.79. The number of aromatic nitrogens is 3. The van der Waals surface area contributed by atoms with Gasteiger partial charge in [-0.3, -0.25) is 4.57 Å². The first-order valence-electron chi connectivity index (χ1n) is 4.81. The highest BCUT2D eigenvalue weighted by molar-refractivity contribution is 7.98. The lowest BCUT2D eigenvalue weighted by molar-refractivity contribution is 0.632. The van der Waals surface area contributed by atoms with E-state index in [9.17, 15) is 0 Å². The zero-order chi connectivity index (χ0) is 10.8. The van der Waals surface area contributed by atoms with Crippen LogP contribution in [0.2, 0.25) is 0 Å². The van der Waals surface area contributed by atoms with Crippen molar-refractivity contribution < 1.29 is 0 Å². The highest BCUT2D eigenvalue weighted by Gasteiger charge is 2.13. The first-order valence-corrected chi connectivity index (χ1v) is 6.20. The van der Waals surface area contributed by atoms with E-state index in [1.807, 2.05) is 16.7 Å². The minimum absolute atomic E-state index is 0.319. The molecule has 0 saturated heterocycles. The van der Waals surface area contributed by atoms with Gasteiger partial charge in [0, 0.05) is 18.0 Å². The lowest BCUT2D eigenvalue weighted by Crippen LogP contribution is -2.11. The average Bonchev–Trinajstić information content (AvgIpc) is 2.54. The smallest absolute Gasteiger partial charge is 0.202 e. The normalized spacial score (nSPS) is 13.2. The van der Waals surface area contributed by atoms with Crippen LogP contribution in [-0.4, -0.2) is 26.5 Å². The van der Waals surface area contributed by atoms with Gasteiger partial charge in [-0.2, -0.15) is 11.8 Å². The standard InChI is InChI=1S/C10H14N4S/c1-7(6-15-2)14-9-8(13-10(14)11)4-3-5-12-9/h3-5,7H,6H2,1-2H3,(H2,11,13). The molecule has 0 spiro atoms. The third-order valence-electron chi connectivity index (χ3n) is 2.32. The van der Waals surface area contributed by atoms with Crippen molar-refractivity contribution in [2.45, 2.75) is 13.0 Å². The fourth-order valence-electron chi connectivity index (χ4n) is 1.70. The largest absolute Gasteiger partial charge is 0.369 e. The summed E-state index contributed by atoms with van der Waals surface area (Å²) in [5.41, 5.74) is 7.62. The van der Waals surface area contributed by atoms with E-state index in [0.717, 1.165) is 16.9 Å². The minimum Gasteiger partial charge on any atom is -0.369 e. The number of thioether (sulfide) groups is 1. The van der Waals surface area contributed by atoms with Crippen LogP contribution in [-0.2, 0) is 0 Å². The van der Waals surface area contributed by atoms with Crippen LogP contribution in [0.1, 0.15) is 13.0 Å². The molecule has 2 aromatic rings. The van der Waals surface area contributed by atoms with Crippen molar-refractivity contribution in [1.82, 2.24) is 14.5 Å². The molecule has 5 heteroatoms. The van der Waals surface area contributed by atoms with E-state index in [-0.39, 0.29) is 0 Å². The Morgan fingerprint density at radius 1 is 1.60 bits per heavy atom.